The number of fused-ring (bicyclic) bond motifs is 1. The van der Waals surface area contributed by atoms with E-state index < -0.39 is 0 Å². The lowest BCUT2D eigenvalue weighted by Gasteiger charge is -2.35. The Morgan fingerprint density at radius 3 is 2.62 bits per heavy atom. The maximum atomic E-state index is 13.2. The highest BCUT2D eigenvalue weighted by molar-refractivity contribution is 6.07. The summed E-state index contributed by atoms with van der Waals surface area (Å²) < 4.78 is 2.02. The zero-order valence-electron chi connectivity index (χ0n) is 13.7. The van der Waals surface area contributed by atoms with E-state index in [1.165, 1.54) is 5.56 Å². The van der Waals surface area contributed by atoms with Gasteiger partial charge in [-0.05, 0) is 61.7 Å². The average Bonchev–Trinajstić information content (AvgIpc) is 3.16. The van der Waals surface area contributed by atoms with Crippen molar-refractivity contribution in [1.82, 2.24) is 4.57 Å². The second kappa shape index (κ2) is 6.00. The predicted molar refractivity (Wildman–Crippen MR) is 96.8 cm³/mol. The molecule has 0 saturated heterocycles. The molecule has 0 fully saturated rings. The first kappa shape index (κ1) is 14.8. The Balaban J connectivity index is 1.73. The summed E-state index contributed by atoms with van der Waals surface area (Å²) in [6.45, 7) is 2.13. The number of para-hydroxylation sites is 1. The summed E-state index contributed by atoms with van der Waals surface area (Å²) in [4.78, 5) is 15.2. The van der Waals surface area contributed by atoms with Crippen molar-refractivity contribution < 1.29 is 4.79 Å². The normalized spacial score (nSPS) is 16.7. The van der Waals surface area contributed by atoms with Crippen molar-refractivity contribution in [2.24, 2.45) is 0 Å². The fourth-order valence-electron chi connectivity index (χ4n) is 3.44. The molecule has 2 heterocycles. The second-order valence-electron chi connectivity index (χ2n) is 6.33. The third-order valence-electron chi connectivity index (χ3n) is 4.74. The van der Waals surface area contributed by atoms with Crippen LogP contribution >= 0.6 is 0 Å². The number of aryl methyl sites for hydroxylation is 1. The summed E-state index contributed by atoms with van der Waals surface area (Å²) >= 11 is 0. The van der Waals surface area contributed by atoms with Gasteiger partial charge in [-0.3, -0.25) is 4.79 Å². The zero-order chi connectivity index (χ0) is 16.5. The Hall–Kier alpha value is -2.81. The largest absolute Gasteiger partial charge is 0.324 e. The first-order valence-corrected chi connectivity index (χ1v) is 8.39. The summed E-state index contributed by atoms with van der Waals surface area (Å²) in [6, 6.07) is 20.2. The molecule has 1 atom stereocenters. The van der Waals surface area contributed by atoms with Crippen molar-refractivity contribution in [2.75, 3.05) is 4.90 Å². The van der Waals surface area contributed by atoms with E-state index in [1.807, 2.05) is 70.4 Å². The second-order valence-corrected chi connectivity index (χ2v) is 6.33. The Morgan fingerprint density at radius 1 is 1.00 bits per heavy atom. The molecule has 3 heteroatoms. The SMILES string of the molecule is C[C@@H]1CCc2ccccc2N1C(=O)c1cccc(-n2cccc2)c1. The summed E-state index contributed by atoms with van der Waals surface area (Å²) in [5.41, 5.74) is 4.03. The van der Waals surface area contributed by atoms with Crippen LogP contribution in [-0.2, 0) is 6.42 Å². The van der Waals surface area contributed by atoms with Gasteiger partial charge in [0.2, 0.25) is 0 Å². The molecule has 3 nitrogen and oxygen atoms in total. The molecular weight excluding hydrogens is 296 g/mol. The fraction of sp³-hybridized carbons (Fsp3) is 0.190. The van der Waals surface area contributed by atoms with Crippen molar-refractivity contribution in [1.29, 1.82) is 0 Å². The van der Waals surface area contributed by atoms with Crippen molar-refractivity contribution in [3.63, 3.8) is 0 Å². The highest BCUT2D eigenvalue weighted by atomic mass is 16.2. The molecular formula is C21H20N2O. The standard InChI is InChI=1S/C21H20N2O/c1-16-11-12-17-7-2-3-10-20(17)23(16)21(24)18-8-6-9-19(15-18)22-13-4-5-14-22/h2-10,13-16H,11-12H2,1H3/t16-/m1/s1. The lowest BCUT2D eigenvalue weighted by Crippen LogP contribution is -2.42. The predicted octanol–water partition coefficient (Wildman–Crippen LogP) is 4.46. The van der Waals surface area contributed by atoms with Gasteiger partial charge in [-0.15, -0.1) is 0 Å². The average molecular weight is 316 g/mol. The van der Waals surface area contributed by atoms with E-state index in [0.717, 1.165) is 29.8 Å². The first-order chi connectivity index (χ1) is 11.7. The fourth-order valence-corrected chi connectivity index (χ4v) is 3.44. The summed E-state index contributed by atoms with van der Waals surface area (Å²) in [6.07, 6.45) is 6.01. The smallest absolute Gasteiger partial charge is 0.258 e. The number of benzene rings is 2. The highest BCUT2D eigenvalue weighted by Gasteiger charge is 2.28. The number of amides is 1. The molecule has 1 aliphatic heterocycles. The quantitative estimate of drug-likeness (QED) is 0.685. The van der Waals surface area contributed by atoms with Crippen LogP contribution in [0.25, 0.3) is 5.69 Å². The third-order valence-corrected chi connectivity index (χ3v) is 4.74. The molecule has 0 N–H and O–H groups in total. The number of carbonyl (C=O) groups excluding carboxylic acids is 1. The van der Waals surface area contributed by atoms with E-state index in [9.17, 15) is 4.79 Å². The molecule has 0 spiro atoms. The van der Waals surface area contributed by atoms with Gasteiger partial charge in [-0.25, -0.2) is 0 Å². The van der Waals surface area contributed by atoms with E-state index in [0.29, 0.717) is 0 Å². The van der Waals surface area contributed by atoms with Gasteiger partial charge >= 0.3 is 0 Å². The van der Waals surface area contributed by atoms with Crippen LogP contribution in [0.5, 0.6) is 0 Å². The summed E-state index contributed by atoms with van der Waals surface area (Å²) in [5.74, 6) is 0.0728. The van der Waals surface area contributed by atoms with Crippen LogP contribution in [-0.4, -0.2) is 16.5 Å². The van der Waals surface area contributed by atoms with Gasteiger partial charge in [0.1, 0.15) is 0 Å². The molecule has 120 valence electrons. The lowest BCUT2D eigenvalue weighted by atomic mass is 9.95. The number of aromatic nitrogens is 1. The van der Waals surface area contributed by atoms with E-state index in [-0.39, 0.29) is 11.9 Å². The Kier molecular flexibility index (Phi) is 3.69. The third kappa shape index (κ3) is 2.52. The highest BCUT2D eigenvalue weighted by Crippen LogP contribution is 2.31. The summed E-state index contributed by atoms with van der Waals surface area (Å²) in [7, 11) is 0. The van der Waals surface area contributed by atoms with Crippen LogP contribution in [0.1, 0.15) is 29.3 Å². The van der Waals surface area contributed by atoms with E-state index in [4.69, 9.17) is 0 Å². The van der Waals surface area contributed by atoms with Crippen molar-refractivity contribution in [3.8, 4) is 5.69 Å². The lowest BCUT2D eigenvalue weighted by molar-refractivity contribution is 0.0975. The minimum Gasteiger partial charge on any atom is -0.324 e. The molecule has 24 heavy (non-hydrogen) atoms. The van der Waals surface area contributed by atoms with Crippen LogP contribution in [0.15, 0.2) is 73.1 Å². The molecule has 1 amide bonds. The van der Waals surface area contributed by atoms with E-state index in [2.05, 4.69) is 19.1 Å². The number of nitrogens with zero attached hydrogens (tertiary/aromatic N) is 2. The van der Waals surface area contributed by atoms with E-state index in [1.54, 1.807) is 0 Å². The molecule has 2 aromatic carbocycles. The maximum Gasteiger partial charge on any atom is 0.258 e. The molecule has 0 bridgehead atoms. The van der Waals surface area contributed by atoms with Gasteiger partial charge in [-0.2, -0.15) is 0 Å². The van der Waals surface area contributed by atoms with Crippen LogP contribution in [0.2, 0.25) is 0 Å². The number of hydrogen-bond acceptors (Lipinski definition) is 1. The Morgan fingerprint density at radius 2 is 1.79 bits per heavy atom. The van der Waals surface area contributed by atoms with Crippen molar-refractivity contribution in [2.45, 2.75) is 25.8 Å². The first-order valence-electron chi connectivity index (χ1n) is 8.39. The monoisotopic (exact) mass is 316 g/mol. The van der Waals surface area contributed by atoms with Crippen LogP contribution in [0.4, 0.5) is 5.69 Å². The number of hydrogen-bond donors (Lipinski definition) is 0. The minimum absolute atomic E-state index is 0.0728. The van der Waals surface area contributed by atoms with Gasteiger partial charge in [0.25, 0.3) is 5.91 Å². The maximum absolute atomic E-state index is 13.2. The number of carbonyl (C=O) groups is 1. The van der Waals surface area contributed by atoms with Gasteiger partial charge in [0.05, 0.1) is 0 Å². The zero-order valence-corrected chi connectivity index (χ0v) is 13.7. The molecule has 0 unspecified atom stereocenters. The molecule has 1 aromatic heterocycles. The topological polar surface area (TPSA) is 25.2 Å². The minimum atomic E-state index is 0.0728. The van der Waals surface area contributed by atoms with Crippen molar-refractivity contribution >= 4 is 11.6 Å². The number of rotatable bonds is 2. The molecule has 4 rings (SSSR count). The molecule has 0 aliphatic carbocycles. The van der Waals surface area contributed by atoms with Gasteiger partial charge in [0.15, 0.2) is 0 Å². The van der Waals surface area contributed by atoms with Crippen LogP contribution in [0.3, 0.4) is 0 Å². The Bertz CT molecular complexity index is 867. The van der Waals surface area contributed by atoms with Gasteiger partial charge < -0.3 is 9.47 Å². The van der Waals surface area contributed by atoms with Gasteiger partial charge in [-0.1, -0.05) is 24.3 Å². The van der Waals surface area contributed by atoms with Gasteiger partial charge in [0, 0.05) is 35.4 Å². The Labute approximate surface area is 142 Å². The molecule has 3 aromatic rings. The molecule has 1 aliphatic rings. The summed E-state index contributed by atoms with van der Waals surface area (Å²) in [5, 5.41) is 0. The molecule has 0 saturated carbocycles. The van der Waals surface area contributed by atoms with Crippen molar-refractivity contribution in [3.05, 3.63) is 84.2 Å². The number of anilines is 1. The van der Waals surface area contributed by atoms with Crippen LogP contribution in [0, 0.1) is 0 Å². The van der Waals surface area contributed by atoms with Crippen LogP contribution < -0.4 is 4.90 Å². The molecule has 0 radical (unpaired) electrons. The van der Waals surface area contributed by atoms with E-state index >= 15 is 0 Å².